The highest BCUT2D eigenvalue weighted by Crippen LogP contribution is 2.21. The van der Waals surface area contributed by atoms with Gasteiger partial charge in [-0.3, -0.25) is 9.59 Å². The molecule has 4 heteroatoms. The highest BCUT2D eigenvalue weighted by Gasteiger charge is 2.20. The molecule has 3 rings (SSSR count). The Morgan fingerprint density at radius 2 is 1.67 bits per heavy atom. The van der Waals surface area contributed by atoms with Crippen LogP contribution in [0.15, 0.2) is 36.4 Å². The van der Waals surface area contributed by atoms with E-state index in [0.717, 1.165) is 50.9 Å². The van der Waals surface area contributed by atoms with Gasteiger partial charge in [0, 0.05) is 30.3 Å². The van der Waals surface area contributed by atoms with Crippen molar-refractivity contribution in [1.82, 2.24) is 4.90 Å². The lowest BCUT2D eigenvalue weighted by Gasteiger charge is -2.20. The van der Waals surface area contributed by atoms with Crippen LogP contribution in [0.3, 0.4) is 0 Å². The maximum atomic E-state index is 12.6. The molecular formula is C20H26N2O2. The number of rotatable bonds is 3. The molecule has 0 saturated carbocycles. The lowest BCUT2D eigenvalue weighted by molar-refractivity contribution is -0.120. The van der Waals surface area contributed by atoms with Gasteiger partial charge in [-0.05, 0) is 56.4 Å². The van der Waals surface area contributed by atoms with Gasteiger partial charge in [0.05, 0.1) is 0 Å². The molecule has 4 nitrogen and oxygen atoms in total. The van der Waals surface area contributed by atoms with E-state index in [9.17, 15) is 9.59 Å². The van der Waals surface area contributed by atoms with E-state index in [2.05, 4.69) is 17.5 Å². The van der Waals surface area contributed by atoms with Gasteiger partial charge in [-0.25, -0.2) is 0 Å². The number of anilines is 1. The van der Waals surface area contributed by atoms with Crippen molar-refractivity contribution in [3.05, 3.63) is 42.0 Å². The number of benzene rings is 1. The second-order valence-electron chi connectivity index (χ2n) is 6.75. The van der Waals surface area contributed by atoms with Crippen molar-refractivity contribution in [3.8, 4) is 0 Å². The normalized spacial score (nSPS) is 21.2. The van der Waals surface area contributed by atoms with Crippen molar-refractivity contribution >= 4 is 17.5 Å². The largest absolute Gasteiger partial charge is 0.339 e. The number of likely N-dealkylation sites (tertiary alicyclic amines) is 1. The van der Waals surface area contributed by atoms with Crippen LogP contribution >= 0.6 is 0 Å². The first-order valence-corrected chi connectivity index (χ1v) is 9.09. The molecule has 1 aliphatic heterocycles. The number of carbonyl (C=O) groups is 2. The van der Waals surface area contributed by atoms with Crippen LogP contribution in [0.5, 0.6) is 0 Å². The molecule has 0 bridgehead atoms. The van der Waals surface area contributed by atoms with E-state index in [1.165, 1.54) is 12.8 Å². The number of hydrogen-bond donors (Lipinski definition) is 1. The van der Waals surface area contributed by atoms with E-state index in [0.29, 0.717) is 5.56 Å². The summed E-state index contributed by atoms with van der Waals surface area (Å²) in [4.78, 5) is 26.8. The van der Waals surface area contributed by atoms with Crippen LogP contribution in [0.4, 0.5) is 5.69 Å². The van der Waals surface area contributed by atoms with Gasteiger partial charge in [0.1, 0.15) is 0 Å². The summed E-state index contributed by atoms with van der Waals surface area (Å²) in [7, 11) is 0. The van der Waals surface area contributed by atoms with Gasteiger partial charge in [0.25, 0.3) is 5.91 Å². The second kappa shape index (κ2) is 8.13. The summed E-state index contributed by atoms with van der Waals surface area (Å²) in [6.07, 6.45) is 11.5. The topological polar surface area (TPSA) is 49.4 Å². The monoisotopic (exact) mass is 326 g/mol. The van der Waals surface area contributed by atoms with Crippen LogP contribution in [-0.4, -0.2) is 29.8 Å². The molecule has 1 heterocycles. The van der Waals surface area contributed by atoms with Crippen molar-refractivity contribution in [1.29, 1.82) is 0 Å². The van der Waals surface area contributed by atoms with Crippen LogP contribution < -0.4 is 5.32 Å². The third kappa shape index (κ3) is 4.25. The number of hydrogen-bond acceptors (Lipinski definition) is 2. The van der Waals surface area contributed by atoms with Crippen LogP contribution in [-0.2, 0) is 4.79 Å². The average Bonchev–Trinajstić information content (AvgIpc) is 2.92. The zero-order valence-corrected chi connectivity index (χ0v) is 14.2. The molecule has 0 spiro atoms. The first-order valence-electron chi connectivity index (χ1n) is 9.09. The molecule has 2 amide bonds. The second-order valence-corrected chi connectivity index (χ2v) is 6.75. The molecule has 1 fully saturated rings. The number of carbonyl (C=O) groups excluding carboxylic acids is 2. The molecule has 2 aliphatic rings. The molecule has 0 aromatic heterocycles. The summed E-state index contributed by atoms with van der Waals surface area (Å²) in [5, 5.41) is 2.97. The zero-order valence-electron chi connectivity index (χ0n) is 14.2. The highest BCUT2D eigenvalue weighted by molar-refractivity contribution is 5.96. The van der Waals surface area contributed by atoms with E-state index in [1.54, 1.807) is 0 Å². The fourth-order valence-corrected chi connectivity index (χ4v) is 3.43. The quantitative estimate of drug-likeness (QED) is 0.854. The first kappa shape index (κ1) is 16.7. The highest BCUT2D eigenvalue weighted by atomic mass is 16.2. The first-order chi connectivity index (χ1) is 11.7. The van der Waals surface area contributed by atoms with Crippen LogP contribution in [0.25, 0.3) is 0 Å². The predicted molar refractivity (Wildman–Crippen MR) is 95.9 cm³/mol. The maximum Gasteiger partial charge on any atom is 0.253 e. The summed E-state index contributed by atoms with van der Waals surface area (Å²) in [5.41, 5.74) is 1.47. The van der Waals surface area contributed by atoms with Crippen molar-refractivity contribution in [2.45, 2.75) is 44.9 Å². The molecule has 128 valence electrons. The molecule has 0 radical (unpaired) electrons. The van der Waals surface area contributed by atoms with Gasteiger partial charge >= 0.3 is 0 Å². The van der Waals surface area contributed by atoms with E-state index in [1.807, 2.05) is 29.2 Å². The van der Waals surface area contributed by atoms with E-state index in [4.69, 9.17) is 0 Å². The lowest BCUT2D eigenvalue weighted by atomic mass is 9.93. The molecule has 1 aliphatic carbocycles. The minimum atomic E-state index is 0.0633. The Hall–Kier alpha value is -2.10. The van der Waals surface area contributed by atoms with Gasteiger partial charge in [-0.15, -0.1) is 0 Å². The van der Waals surface area contributed by atoms with E-state index in [-0.39, 0.29) is 17.7 Å². The summed E-state index contributed by atoms with van der Waals surface area (Å²) in [6.45, 7) is 1.71. The summed E-state index contributed by atoms with van der Waals surface area (Å²) in [5.74, 6) is 0.242. The van der Waals surface area contributed by atoms with E-state index < -0.39 is 0 Å². The third-order valence-corrected chi connectivity index (χ3v) is 4.93. The van der Waals surface area contributed by atoms with Crippen LogP contribution in [0.1, 0.15) is 55.3 Å². The molecule has 1 atom stereocenters. The van der Waals surface area contributed by atoms with Gasteiger partial charge < -0.3 is 10.2 Å². The maximum absolute atomic E-state index is 12.6. The molecular weight excluding hydrogens is 300 g/mol. The van der Waals surface area contributed by atoms with Gasteiger partial charge in [-0.2, -0.15) is 0 Å². The Bertz CT molecular complexity index is 599. The van der Waals surface area contributed by atoms with Crippen LogP contribution in [0.2, 0.25) is 0 Å². The Balaban J connectivity index is 1.59. The average molecular weight is 326 g/mol. The van der Waals surface area contributed by atoms with E-state index >= 15 is 0 Å². The zero-order chi connectivity index (χ0) is 16.8. The number of nitrogens with zero attached hydrogens (tertiary/aromatic N) is 1. The summed E-state index contributed by atoms with van der Waals surface area (Å²) >= 11 is 0. The predicted octanol–water partition coefficient (Wildman–Crippen LogP) is 4.00. The smallest absolute Gasteiger partial charge is 0.253 e. The number of allylic oxidation sites excluding steroid dienone is 2. The Labute approximate surface area is 143 Å². The number of nitrogens with one attached hydrogen (secondary N) is 1. The minimum Gasteiger partial charge on any atom is -0.339 e. The summed E-state index contributed by atoms with van der Waals surface area (Å²) in [6, 6.07) is 7.32. The fraction of sp³-hybridized carbons (Fsp3) is 0.500. The standard InChI is InChI=1S/C20H26N2O2/c23-19(16-8-4-3-5-9-16)21-18-12-10-17(11-13-18)20(24)22-14-6-1-2-7-15-22/h3-4,10-13,16H,1-2,5-9,14-15H2,(H,21,23)/t16-/m0/s1. The lowest BCUT2D eigenvalue weighted by Crippen LogP contribution is -2.31. The molecule has 1 aromatic carbocycles. The molecule has 24 heavy (non-hydrogen) atoms. The molecule has 1 aromatic rings. The van der Waals surface area contributed by atoms with Crippen molar-refractivity contribution in [2.75, 3.05) is 18.4 Å². The van der Waals surface area contributed by atoms with Gasteiger partial charge in [0.2, 0.25) is 5.91 Å². The molecule has 1 N–H and O–H groups in total. The van der Waals surface area contributed by atoms with Crippen LogP contribution in [0, 0.1) is 5.92 Å². The SMILES string of the molecule is O=C(Nc1ccc(C(=O)N2CCCCCC2)cc1)[C@H]1CC=CCC1. The Morgan fingerprint density at radius 1 is 0.958 bits per heavy atom. The Morgan fingerprint density at radius 3 is 2.29 bits per heavy atom. The third-order valence-electron chi connectivity index (χ3n) is 4.93. The summed E-state index contributed by atoms with van der Waals surface area (Å²) < 4.78 is 0. The van der Waals surface area contributed by atoms with Crippen molar-refractivity contribution in [2.24, 2.45) is 5.92 Å². The minimum absolute atomic E-state index is 0.0633. The molecule has 0 unspecified atom stereocenters. The van der Waals surface area contributed by atoms with Crippen molar-refractivity contribution < 1.29 is 9.59 Å². The Kier molecular flexibility index (Phi) is 5.68. The van der Waals surface area contributed by atoms with Crippen molar-refractivity contribution in [3.63, 3.8) is 0 Å². The fourth-order valence-electron chi connectivity index (χ4n) is 3.43. The number of amides is 2. The van der Waals surface area contributed by atoms with Gasteiger partial charge in [-0.1, -0.05) is 25.0 Å². The van der Waals surface area contributed by atoms with Gasteiger partial charge in [0.15, 0.2) is 0 Å². The molecule has 1 saturated heterocycles.